The molecular formula is C22H38BNO3. The zero-order valence-electron chi connectivity index (χ0n) is 18.2. The van der Waals surface area contributed by atoms with E-state index in [4.69, 9.17) is 14.2 Å². The van der Waals surface area contributed by atoms with Crippen LogP contribution in [0.1, 0.15) is 39.2 Å². The summed E-state index contributed by atoms with van der Waals surface area (Å²) in [6.45, 7) is 11.0. The van der Waals surface area contributed by atoms with Crippen molar-refractivity contribution in [1.82, 2.24) is 4.81 Å². The van der Waals surface area contributed by atoms with E-state index in [1.165, 1.54) is 25.1 Å². The maximum atomic E-state index is 5.97. The Morgan fingerprint density at radius 3 is 2.52 bits per heavy atom. The predicted octanol–water partition coefficient (Wildman–Crippen LogP) is 3.43. The molecule has 0 saturated carbocycles. The van der Waals surface area contributed by atoms with Crippen LogP contribution in [0.25, 0.3) is 0 Å². The smallest absolute Gasteiger partial charge is 0.185 e. The summed E-state index contributed by atoms with van der Waals surface area (Å²) >= 11 is 0. The molecule has 0 aromatic heterocycles. The molecule has 5 heteroatoms. The van der Waals surface area contributed by atoms with Crippen molar-refractivity contribution in [1.29, 1.82) is 0 Å². The highest BCUT2D eigenvalue weighted by Crippen LogP contribution is 2.34. The SMILES string of the molecule is BN1C[C@@H](C[C@H](Cc2ccc(OC)c(OCCCOC)c2)C(C)C)[C@H](C)C1. The Labute approximate surface area is 167 Å². The van der Waals surface area contributed by atoms with Gasteiger partial charge in [0, 0.05) is 20.1 Å². The largest absolute Gasteiger partial charge is 0.493 e. The lowest BCUT2D eigenvalue weighted by atomic mass is 9.79. The fourth-order valence-corrected chi connectivity index (χ4v) is 4.23. The van der Waals surface area contributed by atoms with Gasteiger partial charge in [0.05, 0.1) is 13.7 Å². The Bertz CT molecular complexity index is 566. The first-order valence-corrected chi connectivity index (χ1v) is 10.4. The quantitative estimate of drug-likeness (QED) is 0.438. The molecule has 3 atom stereocenters. The van der Waals surface area contributed by atoms with Gasteiger partial charge in [-0.15, -0.1) is 0 Å². The first kappa shape index (κ1) is 22.1. The van der Waals surface area contributed by atoms with Crippen LogP contribution in [0.2, 0.25) is 0 Å². The van der Waals surface area contributed by atoms with Crippen LogP contribution < -0.4 is 9.47 Å². The van der Waals surface area contributed by atoms with E-state index in [0.717, 1.165) is 36.2 Å². The van der Waals surface area contributed by atoms with E-state index < -0.39 is 0 Å². The third kappa shape index (κ3) is 6.72. The van der Waals surface area contributed by atoms with E-state index in [1.807, 2.05) is 6.07 Å². The maximum absolute atomic E-state index is 5.97. The standard InChI is InChI=1S/C22H38BNO3/c1-16(2)19(13-20-15-24(23)14-17(20)3)11-18-7-8-21(26-5)22(12-18)27-10-6-9-25-4/h7-8,12,16-17,19-20H,6,9-11,13-15,23H2,1-5H3/t17-,19+,20-/m1/s1. The molecule has 1 saturated heterocycles. The summed E-state index contributed by atoms with van der Waals surface area (Å²) in [4.78, 5) is 2.48. The van der Waals surface area contributed by atoms with Crippen LogP contribution >= 0.6 is 0 Å². The Morgan fingerprint density at radius 1 is 1.15 bits per heavy atom. The maximum Gasteiger partial charge on any atom is 0.185 e. The highest BCUT2D eigenvalue weighted by Gasteiger charge is 2.30. The summed E-state index contributed by atoms with van der Waals surface area (Å²) in [7, 11) is 5.67. The van der Waals surface area contributed by atoms with Gasteiger partial charge in [0.2, 0.25) is 0 Å². The van der Waals surface area contributed by atoms with Gasteiger partial charge in [-0.05, 0) is 67.3 Å². The molecule has 1 aromatic rings. The van der Waals surface area contributed by atoms with Crippen molar-refractivity contribution in [3.8, 4) is 11.5 Å². The first-order valence-electron chi connectivity index (χ1n) is 10.4. The number of methoxy groups -OCH3 is 2. The molecule has 1 aromatic carbocycles. The van der Waals surface area contributed by atoms with Gasteiger partial charge in [-0.1, -0.05) is 26.8 Å². The van der Waals surface area contributed by atoms with Crippen LogP contribution in [-0.4, -0.2) is 53.3 Å². The Morgan fingerprint density at radius 2 is 1.93 bits per heavy atom. The van der Waals surface area contributed by atoms with Gasteiger partial charge >= 0.3 is 0 Å². The lowest BCUT2D eigenvalue weighted by Gasteiger charge is -2.26. The first-order chi connectivity index (χ1) is 12.9. The molecule has 152 valence electrons. The topological polar surface area (TPSA) is 30.9 Å². The monoisotopic (exact) mass is 375 g/mol. The normalized spacial score (nSPS) is 21.6. The molecule has 0 bridgehead atoms. The zero-order chi connectivity index (χ0) is 19.8. The van der Waals surface area contributed by atoms with Gasteiger partial charge in [0.15, 0.2) is 19.5 Å². The number of hydrogen-bond acceptors (Lipinski definition) is 4. The second-order valence-electron chi connectivity index (χ2n) is 8.58. The fraction of sp³-hybridized carbons (Fsp3) is 0.727. The molecule has 1 aliphatic heterocycles. The fourth-order valence-electron chi connectivity index (χ4n) is 4.23. The Kier molecular flexibility index (Phi) is 8.97. The third-order valence-corrected chi connectivity index (χ3v) is 5.98. The van der Waals surface area contributed by atoms with Gasteiger partial charge in [-0.3, -0.25) is 0 Å². The number of nitrogens with zero attached hydrogens (tertiary/aromatic N) is 1. The molecule has 2 rings (SSSR count). The van der Waals surface area contributed by atoms with Crippen LogP contribution in [-0.2, 0) is 11.2 Å². The summed E-state index contributed by atoms with van der Waals surface area (Å²) in [6.07, 6.45) is 3.29. The van der Waals surface area contributed by atoms with Gasteiger partial charge in [-0.25, -0.2) is 0 Å². The van der Waals surface area contributed by atoms with E-state index in [0.29, 0.717) is 25.0 Å². The van der Waals surface area contributed by atoms with Crippen LogP contribution in [0, 0.1) is 23.7 Å². The second-order valence-corrected chi connectivity index (χ2v) is 8.58. The molecule has 0 unspecified atom stereocenters. The van der Waals surface area contributed by atoms with Crippen molar-refractivity contribution in [3.05, 3.63) is 23.8 Å². The molecule has 1 aliphatic rings. The van der Waals surface area contributed by atoms with Crippen molar-refractivity contribution in [3.63, 3.8) is 0 Å². The van der Waals surface area contributed by atoms with Crippen LogP contribution in [0.15, 0.2) is 18.2 Å². The molecule has 1 heterocycles. The molecule has 0 radical (unpaired) electrons. The van der Waals surface area contributed by atoms with Crippen LogP contribution in [0.4, 0.5) is 0 Å². The van der Waals surface area contributed by atoms with Gasteiger partial charge in [0.25, 0.3) is 0 Å². The zero-order valence-corrected chi connectivity index (χ0v) is 18.2. The number of ether oxygens (including phenoxy) is 3. The van der Waals surface area contributed by atoms with Crippen molar-refractivity contribution >= 4 is 7.98 Å². The molecule has 1 fully saturated rings. The van der Waals surface area contributed by atoms with E-state index in [1.54, 1.807) is 14.2 Å². The molecule has 0 amide bonds. The molecule has 0 N–H and O–H groups in total. The van der Waals surface area contributed by atoms with Crippen molar-refractivity contribution in [2.75, 3.05) is 40.5 Å². The Balaban J connectivity index is 2.03. The average molecular weight is 375 g/mol. The van der Waals surface area contributed by atoms with E-state index in [-0.39, 0.29) is 0 Å². The van der Waals surface area contributed by atoms with Crippen molar-refractivity contribution < 1.29 is 14.2 Å². The highest BCUT2D eigenvalue weighted by molar-refractivity contribution is 6.04. The molecule has 0 aliphatic carbocycles. The summed E-state index contributed by atoms with van der Waals surface area (Å²) in [5.41, 5.74) is 1.34. The number of benzene rings is 1. The van der Waals surface area contributed by atoms with E-state index in [9.17, 15) is 0 Å². The summed E-state index contributed by atoms with van der Waals surface area (Å²) < 4.78 is 16.6. The van der Waals surface area contributed by atoms with Crippen molar-refractivity contribution in [2.45, 2.75) is 40.0 Å². The van der Waals surface area contributed by atoms with Gasteiger partial charge in [0.1, 0.15) is 0 Å². The van der Waals surface area contributed by atoms with Gasteiger partial charge in [-0.2, -0.15) is 0 Å². The number of rotatable bonds is 11. The van der Waals surface area contributed by atoms with Gasteiger partial charge < -0.3 is 19.0 Å². The average Bonchev–Trinajstić information content (AvgIpc) is 2.95. The van der Waals surface area contributed by atoms with E-state index >= 15 is 0 Å². The minimum atomic E-state index is 0.646. The molecule has 4 nitrogen and oxygen atoms in total. The van der Waals surface area contributed by atoms with Crippen molar-refractivity contribution in [2.24, 2.45) is 23.7 Å². The minimum absolute atomic E-state index is 0.646. The predicted molar refractivity (Wildman–Crippen MR) is 114 cm³/mol. The summed E-state index contributed by atoms with van der Waals surface area (Å²) in [5.74, 6) is 4.64. The second kappa shape index (κ2) is 11.0. The highest BCUT2D eigenvalue weighted by atomic mass is 16.5. The summed E-state index contributed by atoms with van der Waals surface area (Å²) in [5, 5.41) is 0. The molecule has 0 spiro atoms. The molecular weight excluding hydrogens is 337 g/mol. The Hall–Kier alpha value is -1.20. The lowest BCUT2D eigenvalue weighted by molar-refractivity contribution is 0.170. The molecule has 27 heavy (non-hydrogen) atoms. The summed E-state index contributed by atoms with van der Waals surface area (Å²) in [6, 6.07) is 6.41. The van der Waals surface area contributed by atoms with Crippen LogP contribution in [0.5, 0.6) is 11.5 Å². The number of hydrogen-bond donors (Lipinski definition) is 0. The van der Waals surface area contributed by atoms with E-state index in [2.05, 4.69) is 45.7 Å². The van der Waals surface area contributed by atoms with Crippen LogP contribution in [0.3, 0.4) is 0 Å². The minimum Gasteiger partial charge on any atom is -0.493 e. The third-order valence-electron chi connectivity index (χ3n) is 5.98. The lowest BCUT2D eigenvalue weighted by Crippen LogP contribution is -2.21.